The van der Waals surface area contributed by atoms with Crippen molar-refractivity contribution in [1.29, 1.82) is 0 Å². The van der Waals surface area contributed by atoms with Crippen LogP contribution in [0.3, 0.4) is 0 Å². The molecule has 1 fully saturated rings. The minimum atomic E-state index is 0.0768. The predicted octanol–water partition coefficient (Wildman–Crippen LogP) is 0.405. The number of hydrogen-bond acceptors (Lipinski definition) is 2. The molecule has 1 aliphatic rings. The van der Waals surface area contributed by atoms with E-state index in [9.17, 15) is 4.79 Å². The molecule has 2 unspecified atom stereocenters. The van der Waals surface area contributed by atoms with Gasteiger partial charge in [-0.1, -0.05) is 0 Å². The van der Waals surface area contributed by atoms with Crippen LogP contribution in [-0.2, 0) is 0 Å². The summed E-state index contributed by atoms with van der Waals surface area (Å²) in [5.74, 6) is 0. The number of carbonyl (C=O) groups excluding carboxylic acids is 1. The highest BCUT2D eigenvalue weighted by molar-refractivity contribution is 7.39. The third-order valence-corrected chi connectivity index (χ3v) is 2.26. The highest BCUT2D eigenvalue weighted by Crippen LogP contribution is 2.18. The van der Waals surface area contributed by atoms with E-state index < -0.39 is 0 Å². The number of nitrogens with zero attached hydrogens (tertiary/aromatic N) is 1. The Morgan fingerprint density at radius 1 is 1.80 bits per heavy atom. The molecule has 0 bridgehead atoms. The Morgan fingerprint density at radius 3 is 2.90 bits per heavy atom. The van der Waals surface area contributed by atoms with Crippen molar-refractivity contribution >= 4 is 14.9 Å². The topological polar surface area (TPSA) is 46.3 Å². The van der Waals surface area contributed by atoms with Crippen LogP contribution in [0.25, 0.3) is 0 Å². The number of carbonyl (C=O) groups is 1. The molecule has 2 atom stereocenters. The van der Waals surface area contributed by atoms with Crippen molar-refractivity contribution in [2.24, 2.45) is 5.73 Å². The van der Waals surface area contributed by atoms with Gasteiger partial charge in [-0.2, -0.15) is 0 Å². The Balaban J connectivity index is 2.50. The van der Waals surface area contributed by atoms with Crippen LogP contribution in [0.1, 0.15) is 12.8 Å². The van der Waals surface area contributed by atoms with Crippen LogP contribution >= 0.6 is 9.24 Å². The van der Waals surface area contributed by atoms with E-state index in [1.54, 1.807) is 0 Å². The van der Waals surface area contributed by atoms with Gasteiger partial charge in [0.2, 0.25) is 5.65 Å². The summed E-state index contributed by atoms with van der Waals surface area (Å²) in [5.41, 5.74) is 5.54. The summed E-state index contributed by atoms with van der Waals surface area (Å²) in [6.07, 6.45) is 2.17. The molecular weight excluding hydrogens is 147 g/mol. The first-order valence-corrected chi connectivity index (χ1v) is 4.09. The summed E-state index contributed by atoms with van der Waals surface area (Å²) >= 11 is 0. The van der Waals surface area contributed by atoms with E-state index in [4.69, 9.17) is 5.73 Å². The van der Waals surface area contributed by atoms with Gasteiger partial charge in [-0.15, -0.1) is 0 Å². The van der Waals surface area contributed by atoms with E-state index in [1.807, 2.05) is 4.90 Å². The van der Waals surface area contributed by atoms with Gasteiger partial charge in [0.05, 0.1) is 0 Å². The van der Waals surface area contributed by atoms with Crippen LogP contribution in [0, 0.1) is 0 Å². The van der Waals surface area contributed by atoms with Crippen LogP contribution in [0.15, 0.2) is 0 Å². The van der Waals surface area contributed by atoms with E-state index in [2.05, 4.69) is 9.24 Å². The lowest BCUT2D eigenvalue weighted by Gasteiger charge is -2.20. The summed E-state index contributed by atoms with van der Waals surface area (Å²) in [4.78, 5) is 12.7. The monoisotopic (exact) mass is 160 g/mol. The third kappa shape index (κ3) is 1.47. The zero-order chi connectivity index (χ0) is 7.56. The molecule has 1 aliphatic heterocycles. The minimum absolute atomic E-state index is 0.0768. The molecule has 0 aliphatic carbocycles. The number of nitrogens with two attached hydrogens (primary N) is 1. The van der Waals surface area contributed by atoms with E-state index >= 15 is 0 Å². The van der Waals surface area contributed by atoms with E-state index in [0.717, 1.165) is 19.4 Å². The molecule has 2 N–H and O–H groups in total. The predicted molar refractivity (Wildman–Crippen MR) is 43.9 cm³/mol. The average Bonchev–Trinajstić information content (AvgIpc) is 2.33. The van der Waals surface area contributed by atoms with Crippen LogP contribution < -0.4 is 5.73 Å². The van der Waals surface area contributed by atoms with Gasteiger partial charge in [0.1, 0.15) is 0 Å². The molecule has 0 spiro atoms. The Morgan fingerprint density at radius 2 is 2.50 bits per heavy atom. The summed E-state index contributed by atoms with van der Waals surface area (Å²) in [6.45, 7) is 1.48. The van der Waals surface area contributed by atoms with Crippen LogP contribution in [0.2, 0.25) is 0 Å². The first-order valence-electron chi connectivity index (χ1n) is 3.52. The zero-order valence-corrected chi connectivity index (χ0v) is 7.07. The van der Waals surface area contributed by atoms with Crippen LogP contribution in [-0.4, -0.2) is 29.7 Å². The summed E-state index contributed by atoms with van der Waals surface area (Å²) in [7, 11) is 2.19. The van der Waals surface area contributed by atoms with Gasteiger partial charge in [-0.05, 0) is 22.1 Å². The zero-order valence-electron chi connectivity index (χ0n) is 5.92. The van der Waals surface area contributed by atoms with Crippen molar-refractivity contribution in [3.63, 3.8) is 0 Å². The average molecular weight is 160 g/mol. The number of rotatable bonds is 1. The van der Waals surface area contributed by atoms with Gasteiger partial charge < -0.3 is 10.6 Å². The standard InChI is InChI=1S/C6H13N2OP/c7-4-5-2-1-3-8(5)6(9)10/h5H,1-4,7,10H2. The van der Waals surface area contributed by atoms with E-state index in [1.165, 1.54) is 0 Å². The molecule has 1 rings (SSSR count). The number of amides is 1. The lowest BCUT2D eigenvalue weighted by molar-refractivity contribution is 0.219. The maximum atomic E-state index is 10.8. The van der Waals surface area contributed by atoms with Crippen molar-refractivity contribution < 1.29 is 4.79 Å². The molecule has 4 heteroatoms. The fourth-order valence-corrected chi connectivity index (χ4v) is 1.71. The number of hydrogen-bond donors (Lipinski definition) is 1. The maximum absolute atomic E-state index is 10.8. The quantitative estimate of drug-likeness (QED) is 0.564. The van der Waals surface area contributed by atoms with E-state index in [0.29, 0.717) is 12.6 Å². The lowest BCUT2D eigenvalue weighted by Crippen LogP contribution is -2.36. The summed E-state index contributed by atoms with van der Waals surface area (Å²) < 4.78 is 0. The molecule has 0 radical (unpaired) electrons. The first kappa shape index (κ1) is 7.96. The Kier molecular flexibility index (Phi) is 2.64. The Hall–Kier alpha value is -0.140. The first-order chi connectivity index (χ1) is 4.75. The normalized spacial score (nSPS) is 25.4. The van der Waals surface area contributed by atoms with Crippen molar-refractivity contribution in [2.75, 3.05) is 13.1 Å². The molecule has 0 aromatic carbocycles. The molecule has 58 valence electrons. The molecule has 10 heavy (non-hydrogen) atoms. The van der Waals surface area contributed by atoms with Gasteiger partial charge in [0.25, 0.3) is 0 Å². The third-order valence-electron chi connectivity index (χ3n) is 1.93. The molecule has 0 saturated carbocycles. The van der Waals surface area contributed by atoms with Gasteiger partial charge in [0, 0.05) is 19.1 Å². The van der Waals surface area contributed by atoms with Crippen molar-refractivity contribution in [2.45, 2.75) is 18.9 Å². The summed E-state index contributed by atoms with van der Waals surface area (Å²) in [6, 6.07) is 0.296. The molecule has 1 saturated heterocycles. The molecule has 0 aromatic rings. The van der Waals surface area contributed by atoms with Crippen LogP contribution in [0.5, 0.6) is 0 Å². The molecule has 1 amide bonds. The second-order valence-electron chi connectivity index (χ2n) is 2.56. The molecule has 3 nitrogen and oxygen atoms in total. The number of likely N-dealkylation sites (tertiary alicyclic amines) is 1. The maximum Gasteiger partial charge on any atom is 0.237 e. The second kappa shape index (κ2) is 3.31. The lowest BCUT2D eigenvalue weighted by atomic mass is 10.2. The molecule has 0 aromatic heterocycles. The van der Waals surface area contributed by atoms with Crippen molar-refractivity contribution in [3.8, 4) is 0 Å². The smallest absolute Gasteiger partial charge is 0.237 e. The molecular formula is C6H13N2OP. The Labute approximate surface area is 63.1 Å². The highest BCUT2D eigenvalue weighted by Gasteiger charge is 2.24. The highest BCUT2D eigenvalue weighted by atomic mass is 31.0. The fourth-order valence-electron chi connectivity index (χ4n) is 1.37. The Bertz CT molecular complexity index is 140. The van der Waals surface area contributed by atoms with Crippen molar-refractivity contribution in [3.05, 3.63) is 0 Å². The second-order valence-corrected chi connectivity index (χ2v) is 3.06. The molecule has 1 heterocycles. The van der Waals surface area contributed by atoms with E-state index in [-0.39, 0.29) is 5.65 Å². The fraction of sp³-hybridized carbons (Fsp3) is 0.833. The van der Waals surface area contributed by atoms with Gasteiger partial charge in [-0.25, -0.2) is 0 Å². The van der Waals surface area contributed by atoms with Gasteiger partial charge in [-0.3, -0.25) is 4.79 Å². The van der Waals surface area contributed by atoms with Crippen LogP contribution in [0.4, 0.5) is 4.79 Å². The summed E-state index contributed by atoms with van der Waals surface area (Å²) in [5, 5.41) is 0. The van der Waals surface area contributed by atoms with Gasteiger partial charge in [0.15, 0.2) is 0 Å². The van der Waals surface area contributed by atoms with Gasteiger partial charge >= 0.3 is 0 Å². The largest absolute Gasteiger partial charge is 0.335 e. The minimum Gasteiger partial charge on any atom is -0.335 e. The van der Waals surface area contributed by atoms with Crippen molar-refractivity contribution in [1.82, 2.24) is 4.90 Å². The SMILES string of the molecule is NCC1CCCN1C(=O)P.